The fourth-order valence-corrected chi connectivity index (χ4v) is 1.99. The Morgan fingerprint density at radius 1 is 1.73 bits per heavy atom. The number of aliphatic hydroxyl groups excluding tert-OH is 1. The van der Waals surface area contributed by atoms with E-state index in [1.807, 2.05) is 7.05 Å². The third-order valence-corrected chi connectivity index (χ3v) is 2.81. The van der Waals surface area contributed by atoms with E-state index in [9.17, 15) is 9.90 Å². The zero-order valence-corrected chi connectivity index (χ0v) is 9.35. The van der Waals surface area contributed by atoms with E-state index in [-0.39, 0.29) is 18.0 Å². The second kappa shape index (κ2) is 5.28. The van der Waals surface area contributed by atoms with Crippen LogP contribution in [-0.4, -0.2) is 48.3 Å². The molecule has 0 radical (unpaired) electrons. The molecule has 4 nitrogen and oxygen atoms in total. The van der Waals surface area contributed by atoms with Gasteiger partial charge in [-0.05, 0) is 20.0 Å². The molecule has 0 aromatic rings. The van der Waals surface area contributed by atoms with Crippen LogP contribution in [0.3, 0.4) is 0 Å². The monoisotopic (exact) mass is 213 g/mol. The van der Waals surface area contributed by atoms with Gasteiger partial charge in [0.2, 0.25) is 0 Å². The summed E-state index contributed by atoms with van der Waals surface area (Å²) in [5.74, 6) is -0.320. The van der Waals surface area contributed by atoms with E-state index in [4.69, 9.17) is 4.74 Å². The Morgan fingerprint density at radius 3 is 2.93 bits per heavy atom. The first-order valence-electron chi connectivity index (χ1n) is 5.21. The van der Waals surface area contributed by atoms with Gasteiger partial charge in [0.25, 0.3) is 0 Å². The molecule has 15 heavy (non-hydrogen) atoms. The Balaban J connectivity index is 2.65. The summed E-state index contributed by atoms with van der Waals surface area (Å²) in [7, 11) is 1.98. The molecule has 0 bridgehead atoms. The van der Waals surface area contributed by atoms with E-state index in [1.54, 1.807) is 0 Å². The molecule has 4 heteroatoms. The number of likely N-dealkylation sites (N-methyl/N-ethyl adjacent to an activating group) is 1. The van der Waals surface area contributed by atoms with Crippen LogP contribution in [0.1, 0.15) is 13.3 Å². The summed E-state index contributed by atoms with van der Waals surface area (Å²) in [6.45, 7) is 6.54. The molecule has 1 N–H and O–H groups in total. The normalized spacial score (nSPS) is 29.5. The molecule has 0 saturated carbocycles. The minimum absolute atomic E-state index is 0.0254. The van der Waals surface area contributed by atoms with Gasteiger partial charge in [0, 0.05) is 19.4 Å². The minimum Gasteiger partial charge on any atom is -0.461 e. The zero-order valence-electron chi connectivity index (χ0n) is 9.35. The third-order valence-electron chi connectivity index (χ3n) is 2.81. The Hall–Kier alpha value is -0.870. The van der Waals surface area contributed by atoms with Crippen LogP contribution in [0, 0.1) is 5.92 Å². The summed E-state index contributed by atoms with van der Waals surface area (Å²) in [6, 6.07) is 0. The second-order valence-electron chi connectivity index (χ2n) is 4.09. The van der Waals surface area contributed by atoms with Crippen molar-refractivity contribution in [3.63, 3.8) is 0 Å². The zero-order chi connectivity index (χ0) is 11.4. The smallest absolute Gasteiger partial charge is 0.302 e. The lowest BCUT2D eigenvalue weighted by Crippen LogP contribution is -2.47. The van der Waals surface area contributed by atoms with Gasteiger partial charge in [0.15, 0.2) is 0 Å². The number of hydrogen-bond acceptors (Lipinski definition) is 4. The van der Waals surface area contributed by atoms with Crippen LogP contribution in [0.15, 0.2) is 12.7 Å². The fraction of sp³-hybridized carbons (Fsp3) is 0.727. The number of esters is 1. The molecule has 86 valence electrons. The van der Waals surface area contributed by atoms with Crippen LogP contribution in [0.2, 0.25) is 0 Å². The number of carbonyl (C=O) groups excluding carboxylic acids is 1. The number of carbonyl (C=O) groups is 1. The average molecular weight is 213 g/mol. The van der Waals surface area contributed by atoms with Crippen molar-refractivity contribution < 1.29 is 14.6 Å². The van der Waals surface area contributed by atoms with Gasteiger partial charge in [0.05, 0.1) is 6.10 Å². The van der Waals surface area contributed by atoms with Crippen molar-refractivity contribution in [2.45, 2.75) is 25.6 Å². The first-order valence-corrected chi connectivity index (χ1v) is 5.21. The lowest BCUT2D eigenvalue weighted by molar-refractivity contribution is -0.154. The van der Waals surface area contributed by atoms with Crippen LogP contribution in [0.5, 0.6) is 0 Å². The lowest BCUT2D eigenvalue weighted by atomic mass is 9.88. The van der Waals surface area contributed by atoms with E-state index in [2.05, 4.69) is 11.5 Å². The van der Waals surface area contributed by atoms with Gasteiger partial charge < -0.3 is 14.7 Å². The fourth-order valence-electron chi connectivity index (χ4n) is 1.99. The molecule has 0 aromatic carbocycles. The van der Waals surface area contributed by atoms with E-state index < -0.39 is 6.10 Å². The standard InChI is InChI=1S/C11H19NO3/c1-4-10(14)9-5-6-12(3)7-11(9)15-8(2)13/h4,9-11,14H,1,5-7H2,2-3H3. The van der Waals surface area contributed by atoms with Gasteiger partial charge in [-0.15, -0.1) is 6.58 Å². The maximum atomic E-state index is 10.9. The Bertz CT molecular complexity index is 242. The van der Waals surface area contributed by atoms with Gasteiger partial charge in [-0.1, -0.05) is 6.08 Å². The largest absolute Gasteiger partial charge is 0.461 e. The lowest BCUT2D eigenvalue weighted by Gasteiger charge is -2.37. The van der Waals surface area contributed by atoms with Crippen molar-refractivity contribution in [3.05, 3.63) is 12.7 Å². The summed E-state index contributed by atoms with van der Waals surface area (Å²) in [4.78, 5) is 13.0. The Labute approximate surface area is 90.5 Å². The number of aliphatic hydroxyl groups is 1. The molecule has 1 rings (SSSR count). The first kappa shape index (κ1) is 12.2. The van der Waals surface area contributed by atoms with Gasteiger partial charge in [-0.2, -0.15) is 0 Å². The number of hydrogen-bond donors (Lipinski definition) is 1. The van der Waals surface area contributed by atoms with Gasteiger partial charge >= 0.3 is 5.97 Å². The van der Waals surface area contributed by atoms with Crippen molar-refractivity contribution in [2.24, 2.45) is 5.92 Å². The SMILES string of the molecule is C=CC(O)C1CCN(C)CC1OC(C)=O. The molecule has 0 spiro atoms. The van der Waals surface area contributed by atoms with Crippen LogP contribution in [0.25, 0.3) is 0 Å². The second-order valence-corrected chi connectivity index (χ2v) is 4.09. The molecule has 3 atom stereocenters. The summed E-state index contributed by atoms with van der Waals surface area (Å²) in [5.41, 5.74) is 0. The van der Waals surface area contributed by atoms with E-state index >= 15 is 0 Å². The molecule has 0 aromatic heterocycles. The molecule has 1 aliphatic rings. The molecule has 1 fully saturated rings. The van der Waals surface area contributed by atoms with E-state index in [1.165, 1.54) is 13.0 Å². The van der Waals surface area contributed by atoms with Crippen LogP contribution < -0.4 is 0 Å². The number of piperidine rings is 1. The van der Waals surface area contributed by atoms with Gasteiger partial charge in [-0.25, -0.2) is 0 Å². The summed E-state index contributed by atoms with van der Waals surface area (Å²) in [5, 5.41) is 9.72. The molecule has 1 saturated heterocycles. The van der Waals surface area contributed by atoms with Crippen LogP contribution in [-0.2, 0) is 9.53 Å². The number of rotatable bonds is 3. The van der Waals surface area contributed by atoms with Gasteiger partial charge in [-0.3, -0.25) is 4.79 Å². The van der Waals surface area contributed by atoms with E-state index in [0.717, 1.165) is 13.0 Å². The number of likely N-dealkylation sites (tertiary alicyclic amines) is 1. The van der Waals surface area contributed by atoms with Crippen molar-refractivity contribution in [1.82, 2.24) is 4.90 Å². The topological polar surface area (TPSA) is 49.8 Å². The van der Waals surface area contributed by atoms with Crippen molar-refractivity contribution in [2.75, 3.05) is 20.1 Å². The molecular formula is C11H19NO3. The molecule has 1 aliphatic heterocycles. The van der Waals surface area contributed by atoms with Gasteiger partial charge in [0.1, 0.15) is 6.10 Å². The predicted octanol–water partition coefficient (Wildman–Crippen LogP) is 0.417. The number of ether oxygens (including phenoxy) is 1. The molecule has 0 amide bonds. The Morgan fingerprint density at radius 2 is 2.40 bits per heavy atom. The first-order chi connectivity index (χ1) is 7.04. The highest BCUT2D eigenvalue weighted by molar-refractivity contribution is 5.66. The highest BCUT2D eigenvalue weighted by Gasteiger charge is 2.33. The van der Waals surface area contributed by atoms with Crippen molar-refractivity contribution in [3.8, 4) is 0 Å². The highest BCUT2D eigenvalue weighted by Crippen LogP contribution is 2.23. The van der Waals surface area contributed by atoms with Crippen LogP contribution in [0.4, 0.5) is 0 Å². The molecule has 1 heterocycles. The van der Waals surface area contributed by atoms with E-state index in [0.29, 0.717) is 6.54 Å². The molecule has 0 aliphatic carbocycles. The quantitative estimate of drug-likeness (QED) is 0.545. The summed E-state index contributed by atoms with van der Waals surface area (Å²) in [6.07, 6.45) is 1.51. The van der Waals surface area contributed by atoms with Crippen LogP contribution >= 0.6 is 0 Å². The highest BCUT2D eigenvalue weighted by atomic mass is 16.5. The van der Waals surface area contributed by atoms with Crippen molar-refractivity contribution >= 4 is 5.97 Å². The predicted molar refractivity (Wildman–Crippen MR) is 57.4 cm³/mol. The maximum Gasteiger partial charge on any atom is 0.302 e. The minimum atomic E-state index is -0.594. The number of nitrogens with zero attached hydrogens (tertiary/aromatic N) is 1. The third kappa shape index (κ3) is 3.32. The Kier molecular flexibility index (Phi) is 4.29. The average Bonchev–Trinajstić information content (AvgIpc) is 2.16. The summed E-state index contributed by atoms with van der Waals surface area (Å²) >= 11 is 0. The summed E-state index contributed by atoms with van der Waals surface area (Å²) < 4.78 is 5.21. The molecule has 3 unspecified atom stereocenters. The van der Waals surface area contributed by atoms with Crippen molar-refractivity contribution in [1.29, 1.82) is 0 Å². The maximum absolute atomic E-state index is 10.9. The molecular weight excluding hydrogens is 194 g/mol.